The van der Waals surface area contributed by atoms with Crippen molar-refractivity contribution in [3.05, 3.63) is 40.1 Å². The lowest BCUT2D eigenvalue weighted by atomic mass is 10.1. The van der Waals surface area contributed by atoms with Crippen molar-refractivity contribution in [2.75, 3.05) is 6.54 Å². The van der Waals surface area contributed by atoms with Crippen LogP contribution in [-0.2, 0) is 19.9 Å². The van der Waals surface area contributed by atoms with Gasteiger partial charge in [0, 0.05) is 35.6 Å². The molecule has 1 N–H and O–H groups in total. The van der Waals surface area contributed by atoms with E-state index in [2.05, 4.69) is 47.9 Å². The van der Waals surface area contributed by atoms with Crippen molar-refractivity contribution in [3.8, 4) is 0 Å². The summed E-state index contributed by atoms with van der Waals surface area (Å²) in [4.78, 5) is 7.40. The lowest BCUT2D eigenvalue weighted by molar-refractivity contribution is 0.494. The lowest BCUT2D eigenvalue weighted by Crippen LogP contribution is -2.26. The first-order valence-corrected chi connectivity index (χ1v) is 7.84. The average molecular weight is 277 g/mol. The van der Waals surface area contributed by atoms with Gasteiger partial charge in [0.25, 0.3) is 0 Å². The van der Waals surface area contributed by atoms with Gasteiger partial charge in [-0.1, -0.05) is 13.8 Å². The Labute approximate surface area is 119 Å². The molecule has 2 aromatic rings. The Morgan fingerprint density at radius 1 is 1.32 bits per heavy atom. The number of rotatable bonds is 7. The van der Waals surface area contributed by atoms with Crippen LogP contribution in [0.3, 0.4) is 0 Å². The van der Waals surface area contributed by atoms with E-state index in [4.69, 9.17) is 0 Å². The highest BCUT2D eigenvalue weighted by atomic mass is 32.1. The first-order valence-electron chi connectivity index (χ1n) is 7.02. The fraction of sp³-hybridized carbons (Fsp3) is 0.533. The van der Waals surface area contributed by atoms with Gasteiger partial charge in [-0.3, -0.25) is 0 Å². The smallest absolute Gasteiger partial charge is 0.125 e. The molecule has 0 spiro atoms. The predicted octanol–water partition coefficient (Wildman–Crippen LogP) is 3.33. The van der Waals surface area contributed by atoms with Gasteiger partial charge in [-0.05, 0) is 31.5 Å². The summed E-state index contributed by atoms with van der Waals surface area (Å²) in [5.74, 6) is 1.12. The summed E-state index contributed by atoms with van der Waals surface area (Å²) in [6.07, 6.45) is 7.19. The summed E-state index contributed by atoms with van der Waals surface area (Å²) >= 11 is 1.92. The maximum Gasteiger partial charge on any atom is 0.125 e. The van der Waals surface area contributed by atoms with Gasteiger partial charge < -0.3 is 9.88 Å². The lowest BCUT2D eigenvalue weighted by Gasteiger charge is -2.17. The standard InChI is InChI=1S/C15H23N3S/c1-4-8-16-14(15-17-9-10-18(15)3)11-13-7-6-12(5-2)19-13/h6-7,9-10,14,16H,4-5,8,11H2,1-3H3. The average Bonchev–Trinajstić information content (AvgIpc) is 3.03. The molecule has 0 bridgehead atoms. The first kappa shape index (κ1) is 14.3. The molecular weight excluding hydrogens is 254 g/mol. The number of imidazole rings is 1. The fourth-order valence-corrected chi connectivity index (χ4v) is 3.21. The van der Waals surface area contributed by atoms with E-state index >= 15 is 0 Å². The third-order valence-corrected chi connectivity index (χ3v) is 4.53. The van der Waals surface area contributed by atoms with Crippen molar-refractivity contribution in [1.29, 1.82) is 0 Å². The molecule has 0 amide bonds. The molecule has 4 heteroatoms. The van der Waals surface area contributed by atoms with E-state index in [0.717, 1.165) is 31.6 Å². The number of aromatic nitrogens is 2. The van der Waals surface area contributed by atoms with Gasteiger partial charge in [0.2, 0.25) is 0 Å². The zero-order valence-electron chi connectivity index (χ0n) is 12.0. The quantitative estimate of drug-likeness (QED) is 0.841. The van der Waals surface area contributed by atoms with Crippen LogP contribution in [0.25, 0.3) is 0 Å². The van der Waals surface area contributed by atoms with Crippen molar-refractivity contribution < 1.29 is 0 Å². The zero-order chi connectivity index (χ0) is 13.7. The molecular formula is C15H23N3S. The molecule has 0 fully saturated rings. The molecule has 0 aromatic carbocycles. The maximum absolute atomic E-state index is 4.50. The number of aryl methyl sites for hydroxylation is 2. The molecule has 0 saturated carbocycles. The third kappa shape index (κ3) is 3.67. The third-order valence-electron chi connectivity index (χ3n) is 3.28. The van der Waals surface area contributed by atoms with Crippen LogP contribution in [0.5, 0.6) is 0 Å². The van der Waals surface area contributed by atoms with Crippen LogP contribution in [-0.4, -0.2) is 16.1 Å². The van der Waals surface area contributed by atoms with Crippen LogP contribution in [0.4, 0.5) is 0 Å². The van der Waals surface area contributed by atoms with E-state index in [9.17, 15) is 0 Å². The normalized spacial score (nSPS) is 12.8. The van der Waals surface area contributed by atoms with E-state index in [1.165, 1.54) is 9.75 Å². The number of thiophene rings is 1. The van der Waals surface area contributed by atoms with Crippen molar-refractivity contribution in [3.63, 3.8) is 0 Å². The minimum Gasteiger partial charge on any atom is -0.337 e. The molecule has 0 aliphatic heterocycles. The van der Waals surface area contributed by atoms with Gasteiger partial charge in [0.1, 0.15) is 5.82 Å². The Bertz CT molecular complexity index is 501. The Kier molecular flexibility index (Phi) is 5.16. The molecule has 3 nitrogen and oxygen atoms in total. The summed E-state index contributed by atoms with van der Waals surface area (Å²) in [5, 5.41) is 3.61. The van der Waals surface area contributed by atoms with Crippen LogP contribution in [0.1, 0.15) is 41.9 Å². The highest BCUT2D eigenvalue weighted by molar-refractivity contribution is 7.11. The van der Waals surface area contributed by atoms with E-state index in [1.54, 1.807) is 0 Å². The number of hydrogen-bond donors (Lipinski definition) is 1. The first-order chi connectivity index (χ1) is 9.24. The Balaban J connectivity index is 2.11. The molecule has 2 rings (SSSR count). The minimum absolute atomic E-state index is 0.309. The summed E-state index contributed by atoms with van der Waals surface area (Å²) in [6, 6.07) is 4.81. The molecule has 2 aromatic heterocycles. The molecule has 0 saturated heterocycles. The van der Waals surface area contributed by atoms with Crippen LogP contribution >= 0.6 is 11.3 Å². The second-order valence-electron chi connectivity index (χ2n) is 4.83. The minimum atomic E-state index is 0.309. The maximum atomic E-state index is 4.50. The van der Waals surface area contributed by atoms with Gasteiger partial charge in [-0.15, -0.1) is 11.3 Å². The van der Waals surface area contributed by atoms with E-state index in [1.807, 2.05) is 23.7 Å². The van der Waals surface area contributed by atoms with Crippen molar-refractivity contribution in [2.45, 2.75) is 39.2 Å². The topological polar surface area (TPSA) is 29.9 Å². The second-order valence-corrected chi connectivity index (χ2v) is 6.08. The van der Waals surface area contributed by atoms with Crippen molar-refractivity contribution in [1.82, 2.24) is 14.9 Å². The molecule has 1 unspecified atom stereocenters. The number of hydrogen-bond acceptors (Lipinski definition) is 3. The van der Waals surface area contributed by atoms with Gasteiger partial charge in [-0.2, -0.15) is 0 Å². The second kappa shape index (κ2) is 6.87. The van der Waals surface area contributed by atoms with Crippen molar-refractivity contribution in [2.24, 2.45) is 7.05 Å². The van der Waals surface area contributed by atoms with E-state index in [0.29, 0.717) is 6.04 Å². The molecule has 0 aliphatic carbocycles. The van der Waals surface area contributed by atoms with Gasteiger partial charge >= 0.3 is 0 Å². The molecule has 19 heavy (non-hydrogen) atoms. The summed E-state index contributed by atoms with van der Waals surface area (Å²) < 4.78 is 2.11. The highest BCUT2D eigenvalue weighted by Gasteiger charge is 2.16. The van der Waals surface area contributed by atoms with Gasteiger partial charge in [0.15, 0.2) is 0 Å². The zero-order valence-corrected chi connectivity index (χ0v) is 12.8. The molecule has 104 valence electrons. The molecule has 2 heterocycles. The van der Waals surface area contributed by atoms with Crippen LogP contribution in [0, 0.1) is 0 Å². The number of nitrogens with one attached hydrogen (secondary N) is 1. The summed E-state index contributed by atoms with van der Waals surface area (Å²) in [5.41, 5.74) is 0. The van der Waals surface area contributed by atoms with Gasteiger partial charge in [-0.25, -0.2) is 4.98 Å². The van der Waals surface area contributed by atoms with Crippen molar-refractivity contribution >= 4 is 11.3 Å². The summed E-state index contributed by atoms with van der Waals surface area (Å²) in [7, 11) is 2.06. The Hall–Kier alpha value is -1.13. The largest absolute Gasteiger partial charge is 0.337 e. The highest BCUT2D eigenvalue weighted by Crippen LogP contribution is 2.23. The monoisotopic (exact) mass is 277 g/mol. The predicted molar refractivity (Wildman–Crippen MR) is 81.6 cm³/mol. The van der Waals surface area contributed by atoms with Crippen LogP contribution in [0.15, 0.2) is 24.5 Å². The van der Waals surface area contributed by atoms with E-state index in [-0.39, 0.29) is 0 Å². The molecule has 0 radical (unpaired) electrons. The van der Waals surface area contributed by atoms with Crippen LogP contribution in [0.2, 0.25) is 0 Å². The van der Waals surface area contributed by atoms with Crippen LogP contribution < -0.4 is 5.32 Å². The van der Waals surface area contributed by atoms with Gasteiger partial charge in [0.05, 0.1) is 6.04 Å². The van der Waals surface area contributed by atoms with E-state index < -0.39 is 0 Å². The molecule has 1 atom stereocenters. The molecule has 0 aliphatic rings. The summed E-state index contributed by atoms with van der Waals surface area (Å²) in [6.45, 7) is 5.44. The Morgan fingerprint density at radius 2 is 2.11 bits per heavy atom. The SMILES string of the molecule is CCCNC(Cc1ccc(CC)s1)c1nccn1C. The number of nitrogens with zero attached hydrogens (tertiary/aromatic N) is 2. The fourth-order valence-electron chi connectivity index (χ4n) is 2.21. The Morgan fingerprint density at radius 3 is 2.68 bits per heavy atom.